The van der Waals surface area contributed by atoms with Gasteiger partial charge in [-0.15, -0.1) is 0 Å². The number of aromatic nitrogens is 4. The number of aliphatic hydroxyl groups is 2. The fraction of sp³-hybridized carbons (Fsp3) is 0.333. The summed E-state index contributed by atoms with van der Waals surface area (Å²) in [6, 6.07) is 16.2. The molecule has 0 aliphatic carbocycles. The molecule has 330 valence electrons. The van der Waals surface area contributed by atoms with Crippen LogP contribution in [0.1, 0.15) is 40.7 Å². The lowest BCUT2D eigenvalue weighted by Crippen LogP contribution is -2.47. The molecule has 2 atom stereocenters. The van der Waals surface area contributed by atoms with Crippen molar-refractivity contribution in [2.45, 2.75) is 67.7 Å². The Labute approximate surface area is 355 Å². The molecule has 3 aromatic carbocycles. The number of likely N-dealkylation sites (tertiary alicyclic amines) is 1. The number of aliphatic hydroxyl groups excluding tert-OH is 2. The number of carbonyl (C=O) groups excluding carboxylic acids is 1. The largest absolute Gasteiger partial charge is 0.479 e. The molecule has 5 aromatic rings. The Kier molecular flexibility index (Phi) is 15.8. The zero-order chi connectivity index (χ0) is 45.3. The van der Waals surface area contributed by atoms with E-state index in [1.54, 1.807) is 34.9 Å². The number of halogens is 5. The molecule has 2 aromatic heterocycles. The lowest BCUT2D eigenvalue weighted by molar-refractivity contribution is -0.165. The predicted molar refractivity (Wildman–Crippen MR) is 216 cm³/mol. The summed E-state index contributed by atoms with van der Waals surface area (Å²) < 4.78 is 71.0. The molecule has 1 amide bonds. The van der Waals surface area contributed by atoms with Crippen molar-refractivity contribution in [3.63, 3.8) is 0 Å². The van der Waals surface area contributed by atoms with Crippen LogP contribution in [0.3, 0.4) is 0 Å². The Morgan fingerprint density at radius 1 is 0.855 bits per heavy atom. The highest BCUT2D eigenvalue weighted by Crippen LogP contribution is 2.31. The molecule has 1 fully saturated rings. The maximum Gasteiger partial charge on any atom is 0.416 e. The van der Waals surface area contributed by atoms with Gasteiger partial charge in [-0.3, -0.25) is 14.3 Å². The first-order valence-corrected chi connectivity index (χ1v) is 20.0. The number of aryl methyl sites for hydroxylation is 1. The molecule has 62 heavy (non-hydrogen) atoms. The molecule has 4 N–H and O–H groups in total. The van der Waals surface area contributed by atoms with E-state index < -0.39 is 53.1 Å². The summed E-state index contributed by atoms with van der Waals surface area (Å²) >= 11 is 1.04. The number of aliphatic carboxylic acids is 2. The molecule has 1 aliphatic heterocycles. The number of nitrogens with zero attached hydrogens (tertiary/aromatic N) is 6. The lowest BCUT2D eigenvalue weighted by Gasteiger charge is -2.37. The molecular formula is C42H43F5N6O8S. The van der Waals surface area contributed by atoms with Crippen LogP contribution in [0.5, 0.6) is 0 Å². The lowest BCUT2D eigenvalue weighted by atomic mass is 10.0. The van der Waals surface area contributed by atoms with Gasteiger partial charge in [-0.05, 0) is 73.4 Å². The molecule has 6 rings (SSSR count). The predicted octanol–water partition coefficient (Wildman–Crippen LogP) is 4.82. The van der Waals surface area contributed by atoms with Crippen LogP contribution in [0.4, 0.5) is 22.0 Å². The van der Waals surface area contributed by atoms with Gasteiger partial charge >= 0.3 is 18.1 Å². The van der Waals surface area contributed by atoms with E-state index in [-0.39, 0.29) is 47.9 Å². The van der Waals surface area contributed by atoms with Crippen LogP contribution in [0.25, 0.3) is 11.1 Å². The van der Waals surface area contributed by atoms with Gasteiger partial charge in [0.25, 0.3) is 5.56 Å². The first-order valence-electron chi connectivity index (χ1n) is 19.0. The van der Waals surface area contributed by atoms with Crippen molar-refractivity contribution in [3.05, 3.63) is 135 Å². The van der Waals surface area contributed by atoms with Crippen LogP contribution in [0.2, 0.25) is 0 Å². The molecule has 0 saturated carbocycles. The van der Waals surface area contributed by atoms with Gasteiger partial charge in [0.05, 0.1) is 11.8 Å². The van der Waals surface area contributed by atoms with Crippen LogP contribution in [-0.4, -0.2) is 106 Å². The van der Waals surface area contributed by atoms with E-state index in [1.165, 1.54) is 24.3 Å². The van der Waals surface area contributed by atoms with Gasteiger partial charge in [0.15, 0.2) is 29.0 Å². The maximum absolute atomic E-state index is 14.5. The van der Waals surface area contributed by atoms with Crippen molar-refractivity contribution in [2.75, 3.05) is 20.1 Å². The van der Waals surface area contributed by atoms with Gasteiger partial charge in [0.1, 0.15) is 6.54 Å². The summed E-state index contributed by atoms with van der Waals surface area (Å²) in [5.74, 6) is -5.73. The monoisotopic (exact) mass is 886 g/mol. The fourth-order valence-corrected chi connectivity index (χ4v) is 7.48. The summed E-state index contributed by atoms with van der Waals surface area (Å²) in [5, 5.41) is 36.9. The number of rotatable bonds is 14. The molecule has 3 heterocycles. The second-order valence-corrected chi connectivity index (χ2v) is 15.5. The van der Waals surface area contributed by atoms with E-state index in [1.807, 2.05) is 36.2 Å². The standard InChI is InChI=1S/C38H37F5N6O2S.C4H6O6/c1-46-16-14-32(15-17-46)49(21-25-6-8-27(9-7-25)28-10-12-31(13-11-28)38(41,42)43)34(50)23-48-22-30(18-26-19-44-47(2)20-26)36(51)45-37(48)52-24-29-4-3-5-33(39)35(29)40;5-1(3(7)8)2(6)4(9)10/h3-13,19-20,22,32H,14-18,21,23-24H2,1-2H3;1-2,5-6H,(H,7,8)(H,9,10). The number of benzene rings is 3. The van der Waals surface area contributed by atoms with Crippen LogP contribution in [0, 0.1) is 11.6 Å². The number of hydrogen-bond acceptors (Lipinski definition) is 10. The minimum Gasteiger partial charge on any atom is -0.479 e. The Hall–Kier alpha value is -5.96. The van der Waals surface area contributed by atoms with Crippen LogP contribution in [0.15, 0.2) is 95.3 Å². The Balaban J connectivity index is 0.000000646. The zero-order valence-corrected chi connectivity index (χ0v) is 34.2. The van der Waals surface area contributed by atoms with Gasteiger partial charge in [0.2, 0.25) is 5.91 Å². The number of amides is 1. The first kappa shape index (κ1) is 47.1. The van der Waals surface area contributed by atoms with Gasteiger partial charge in [0, 0.05) is 55.3 Å². The summed E-state index contributed by atoms with van der Waals surface area (Å²) in [6.45, 7) is 1.73. The van der Waals surface area contributed by atoms with Crippen molar-refractivity contribution in [3.8, 4) is 11.1 Å². The molecule has 0 spiro atoms. The summed E-state index contributed by atoms with van der Waals surface area (Å²) in [6.07, 6.45) is -2.17. The third-order valence-electron chi connectivity index (χ3n) is 9.98. The highest BCUT2D eigenvalue weighted by atomic mass is 32.2. The quantitative estimate of drug-likeness (QED) is 0.0677. The van der Waals surface area contributed by atoms with E-state index in [0.717, 1.165) is 72.6 Å². The smallest absolute Gasteiger partial charge is 0.416 e. The molecular weight excluding hydrogens is 844 g/mol. The number of carboxylic acid groups (broad SMARTS) is 2. The summed E-state index contributed by atoms with van der Waals surface area (Å²) in [7, 11) is 3.80. The second-order valence-electron chi connectivity index (χ2n) is 14.6. The molecule has 14 nitrogen and oxygen atoms in total. The van der Waals surface area contributed by atoms with Gasteiger partial charge < -0.3 is 34.8 Å². The normalized spacial score (nSPS) is 14.4. The van der Waals surface area contributed by atoms with Gasteiger partial charge in [-0.1, -0.05) is 60.3 Å². The molecule has 1 saturated heterocycles. The highest BCUT2D eigenvalue weighted by Gasteiger charge is 2.31. The van der Waals surface area contributed by atoms with Crippen molar-refractivity contribution < 1.29 is 56.8 Å². The maximum atomic E-state index is 14.5. The number of hydrogen-bond donors (Lipinski definition) is 4. The summed E-state index contributed by atoms with van der Waals surface area (Å²) in [5.41, 5.74) is 2.25. The zero-order valence-electron chi connectivity index (χ0n) is 33.4. The summed E-state index contributed by atoms with van der Waals surface area (Å²) in [4.78, 5) is 55.4. The Morgan fingerprint density at radius 2 is 1.45 bits per heavy atom. The van der Waals surface area contributed by atoms with Crippen LogP contribution >= 0.6 is 11.8 Å². The third kappa shape index (κ3) is 12.6. The second kappa shape index (κ2) is 20.7. The highest BCUT2D eigenvalue weighted by molar-refractivity contribution is 7.98. The van der Waals surface area contributed by atoms with Gasteiger partial charge in [-0.25, -0.2) is 18.4 Å². The minimum atomic E-state index is -4.42. The van der Waals surface area contributed by atoms with E-state index >= 15 is 0 Å². The average molecular weight is 887 g/mol. The SMILES string of the molecule is CN1CCC(N(Cc2ccc(-c3ccc(C(F)(F)F)cc3)cc2)C(=O)Cn2cc(Cc3cnn(C)c3)c(=O)nc2SCc2cccc(F)c2F)CC1.O=C(O)C(O)C(O)C(=O)O. The van der Waals surface area contributed by atoms with Crippen molar-refractivity contribution in [1.82, 2.24) is 29.1 Å². The van der Waals surface area contributed by atoms with E-state index in [2.05, 4.69) is 15.0 Å². The molecule has 0 radical (unpaired) electrons. The number of thioether (sulfide) groups is 1. The fourth-order valence-electron chi connectivity index (χ4n) is 6.54. The Morgan fingerprint density at radius 3 is 2.00 bits per heavy atom. The third-order valence-corrected chi connectivity index (χ3v) is 11.0. The number of alkyl halides is 3. The van der Waals surface area contributed by atoms with Gasteiger partial charge in [-0.2, -0.15) is 23.3 Å². The molecule has 1 aliphatic rings. The minimum absolute atomic E-state index is 0.0177. The van der Waals surface area contributed by atoms with Crippen molar-refractivity contribution >= 4 is 29.6 Å². The number of carboxylic acids is 2. The van der Waals surface area contributed by atoms with E-state index in [9.17, 15) is 41.1 Å². The average Bonchev–Trinajstić information content (AvgIpc) is 3.65. The first-order chi connectivity index (χ1) is 29.3. The van der Waals surface area contributed by atoms with Crippen molar-refractivity contribution in [1.29, 1.82) is 0 Å². The van der Waals surface area contributed by atoms with Crippen molar-refractivity contribution in [2.24, 2.45) is 7.05 Å². The Bertz CT molecular complexity index is 2390. The molecule has 20 heteroatoms. The van der Waals surface area contributed by atoms with E-state index in [4.69, 9.17) is 20.4 Å². The molecule has 2 unspecified atom stereocenters. The van der Waals surface area contributed by atoms with Crippen LogP contribution in [-0.2, 0) is 52.9 Å². The van der Waals surface area contributed by atoms with E-state index in [0.29, 0.717) is 11.1 Å². The van der Waals surface area contributed by atoms with Crippen LogP contribution < -0.4 is 5.56 Å². The number of carbonyl (C=O) groups is 3. The topological polar surface area (TPSA) is 191 Å². The number of piperidine rings is 1. The molecule has 0 bridgehead atoms.